The Labute approximate surface area is 102 Å². The van der Waals surface area contributed by atoms with Gasteiger partial charge in [0.05, 0.1) is 5.02 Å². The van der Waals surface area contributed by atoms with Gasteiger partial charge in [0.15, 0.2) is 0 Å². The van der Waals surface area contributed by atoms with Crippen LogP contribution in [0.5, 0.6) is 0 Å². The maximum absolute atomic E-state index is 11.2. The van der Waals surface area contributed by atoms with Crippen molar-refractivity contribution in [3.63, 3.8) is 0 Å². The normalized spacial score (nSPS) is 19.2. The number of nitrogens with zero attached hydrogens (tertiary/aromatic N) is 2. The van der Waals surface area contributed by atoms with Crippen LogP contribution in [0.1, 0.15) is 0 Å². The van der Waals surface area contributed by atoms with Gasteiger partial charge in [0.2, 0.25) is 10.0 Å². The number of rotatable bonds is 3. The van der Waals surface area contributed by atoms with E-state index < -0.39 is 21.1 Å². The van der Waals surface area contributed by atoms with Gasteiger partial charge in [-0.25, -0.2) is 13.6 Å². The molecule has 92 valence electrons. The Kier molecular flexibility index (Phi) is 2.72. The quantitative estimate of drug-likeness (QED) is 0.489. The molecule has 1 saturated heterocycles. The smallest absolute Gasteiger partial charge is 0.299 e. The average Bonchev–Trinajstić information content (AvgIpc) is 2.96. The van der Waals surface area contributed by atoms with E-state index in [0.717, 1.165) is 0 Å². The number of benzene rings is 1. The topological polar surface area (TPSA) is 106 Å². The largest absolute Gasteiger partial charge is 0.305 e. The van der Waals surface area contributed by atoms with Crippen LogP contribution < -0.4 is 10.0 Å². The third-order valence-corrected chi connectivity index (χ3v) is 3.77. The summed E-state index contributed by atoms with van der Waals surface area (Å²) < 4.78 is 22.4. The van der Waals surface area contributed by atoms with Crippen molar-refractivity contribution >= 4 is 27.3 Å². The Balaban J connectivity index is 2.37. The first kappa shape index (κ1) is 12.1. The zero-order valence-electron chi connectivity index (χ0n) is 8.41. The highest BCUT2D eigenvalue weighted by Crippen LogP contribution is 2.32. The fourth-order valence-corrected chi connectivity index (χ4v) is 2.54. The average molecular weight is 278 g/mol. The van der Waals surface area contributed by atoms with Crippen LogP contribution in [0.3, 0.4) is 0 Å². The van der Waals surface area contributed by atoms with Crippen LogP contribution in [-0.2, 0) is 10.0 Å². The van der Waals surface area contributed by atoms with Gasteiger partial charge in [-0.2, -0.15) is 0 Å². The summed E-state index contributed by atoms with van der Waals surface area (Å²) in [5, 5.41) is 15.5. The van der Waals surface area contributed by atoms with Crippen LogP contribution >= 0.6 is 11.6 Å². The minimum absolute atomic E-state index is 0.00393. The molecule has 7 nitrogen and oxygen atoms in total. The van der Waals surface area contributed by atoms with Crippen molar-refractivity contribution in [2.24, 2.45) is 5.14 Å². The van der Waals surface area contributed by atoms with Crippen molar-refractivity contribution in [2.75, 3.05) is 11.4 Å². The van der Waals surface area contributed by atoms with E-state index in [4.69, 9.17) is 16.7 Å². The van der Waals surface area contributed by atoms with Gasteiger partial charge in [0.25, 0.3) is 0 Å². The lowest BCUT2D eigenvalue weighted by Gasteiger charge is -2.06. The Morgan fingerprint density at radius 3 is 2.65 bits per heavy atom. The molecule has 1 heterocycles. The number of primary sulfonamides is 1. The lowest BCUT2D eigenvalue weighted by molar-refractivity contribution is -0.492. The molecule has 1 fully saturated rings. The van der Waals surface area contributed by atoms with Gasteiger partial charge in [-0.05, 0) is 18.2 Å². The summed E-state index contributed by atoms with van der Waals surface area (Å²) in [5.74, 6) is 0. The summed E-state index contributed by atoms with van der Waals surface area (Å²) >= 11 is 5.69. The zero-order valence-corrected chi connectivity index (χ0v) is 9.98. The molecule has 9 heteroatoms. The second kappa shape index (κ2) is 3.83. The van der Waals surface area contributed by atoms with Gasteiger partial charge in [0.1, 0.15) is 11.4 Å². The first-order valence-corrected chi connectivity index (χ1v) is 6.45. The molecule has 17 heavy (non-hydrogen) atoms. The van der Waals surface area contributed by atoms with E-state index in [0.29, 0.717) is 5.69 Å². The van der Waals surface area contributed by atoms with E-state index in [1.54, 1.807) is 0 Å². The lowest BCUT2D eigenvalue weighted by atomic mass is 10.3. The summed E-state index contributed by atoms with van der Waals surface area (Å²) in [5.41, 5.74) is 0.417. The van der Waals surface area contributed by atoms with Gasteiger partial charge in [-0.1, -0.05) is 11.6 Å². The molecule has 2 N–H and O–H groups in total. The molecule has 0 amide bonds. The minimum Gasteiger partial charge on any atom is -0.299 e. The molecule has 1 atom stereocenters. The van der Waals surface area contributed by atoms with Crippen LogP contribution in [0.15, 0.2) is 23.1 Å². The fourth-order valence-electron chi connectivity index (χ4n) is 1.48. The lowest BCUT2D eigenvalue weighted by Crippen LogP contribution is -2.14. The zero-order chi connectivity index (χ0) is 12.8. The molecular weight excluding hydrogens is 270 g/mol. The molecule has 0 bridgehead atoms. The predicted octanol–water partition coefficient (Wildman–Crippen LogP) is 0.410. The summed E-state index contributed by atoms with van der Waals surface area (Å²) in [4.78, 5) is 11.3. The highest BCUT2D eigenvalue weighted by atomic mass is 35.5. The SMILES string of the molecule is NS(=O)(=O)c1cc(N2CC2[N+](=O)[O-])ccc1Cl. The molecule has 2 rings (SSSR count). The molecule has 0 spiro atoms. The van der Waals surface area contributed by atoms with Crippen LogP contribution in [0.25, 0.3) is 0 Å². The number of nitro groups is 1. The summed E-state index contributed by atoms with van der Waals surface area (Å²) in [6, 6.07) is 4.10. The molecular formula is C8H8ClN3O4S. The van der Waals surface area contributed by atoms with Gasteiger partial charge < -0.3 is 0 Å². The summed E-state index contributed by atoms with van der Waals surface area (Å²) in [7, 11) is -3.93. The Bertz CT molecular complexity index is 588. The third-order valence-electron chi connectivity index (χ3n) is 2.38. The second-order valence-electron chi connectivity index (χ2n) is 3.58. The van der Waals surface area contributed by atoms with Crippen LogP contribution in [0.4, 0.5) is 5.69 Å². The van der Waals surface area contributed by atoms with Crippen molar-refractivity contribution in [1.29, 1.82) is 0 Å². The van der Waals surface area contributed by atoms with Gasteiger partial charge in [0, 0.05) is 10.6 Å². The first-order chi connectivity index (χ1) is 7.80. The van der Waals surface area contributed by atoms with E-state index in [1.165, 1.54) is 23.1 Å². The summed E-state index contributed by atoms with van der Waals surface area (Å²) in [6.07, 6.45) is -0.801. The molecule has 1 aromatic rings. The Morgan fingerprint density at radius 1 is 1.53 bits per heavy atom. The van der Waals surface area contributed by atoms with Gasteiger partial charge >= 0.3 is 6.17 Å². The van der Waals surface area contributed by atoms with Crippen molar-refractivity contribution < 1.29 is 13.3 Å². The molecule has 0 saturated carbocycles. The Hall–Kier alpha value is -1.38. The van der Waals surface area contributed by atoms with Gasteiger partial charge in [-0.15, -0.1) is 0 Å². The number of anilines is 1. The molecule has 0 radical (unpaired) electrons. The monoisotopic (exact) mass is 277 g/mol. The van der Waals surface area contributed by atoms with E-state index in [9.17, 15) is 18.5 Å². The molecule has 1 aliphatic heterocycles. The third kappa shape index (κ3) is 2.33. The van der Waals surface area contributed by atoms with E-state index in [-0.39, 0.29) is 16.5 Å². The van der Waals surface area contributed by atoms with Crippen LogP contribution in [-0.4, -0.2) is 26.1 Å². The maximum Gasteiger partial charge on any atom is 0.305 e. The highest BCUT2D eigenvalue weighted by Gasteiger charge is 2.45. The van der Waals surface area contributed by atoms with E-state index >= 15 is 0 Å². The second-order valence-corrected chi connectivity index (χ2v) is 5.52. The fraction of sp³-hybridized carbons (Fsp3) is 0.250. The van der Waals surface area contributed by atoms with Crippen molar-refractivity contribution in [3.8, 4) is 0 Å². The van der Waals surface area contributed by atoms with Crippen molar-refractivity contribution in [2.45, 2.75) is 11.1 Å². The van der Waals surface area contributed by atoms with E-state index in [2.05, 4.69) is 0 Å². The molecule has 0 aliphatic carbocycles. The predicted molar refractivity (Wildman–Crippen MR) is 61.0 cm³/mol. The number of halogens is 1. The molecule has 1 aliphatic rings. The number of nitrogens with two attached hydrogens (primary N) is 1. The van der Waals surface area contributed by atoms with Crippen molar-refractivity contribution in [1.82, 2.24) is 0 Å². The highest BCUT2D eigenvalue weighted by molar-refractivity contribution is 7.89. The Morgan fingerprint density at radius 2 is 2.18 bits per heavy atom. The molecule has 1 aromatic carbocycles. The number of hydrogen-bond donors (Lipinski definition) is 1. The first-order valence-electron chi connectivity index (χ1n) is 4.53. The van der Waals surface area contributed by atoms with E-state index in [1.807, 2.05) is 0 Å². The summed E-state index contributed by atoms with van der Waals surface area (Å²) in [6.45, 7) is 0.249. The molecule has 1 unspecified atom stereocenters. The van der Waals surface area contributed by atoms with Crippen molar-refractivity contribution in [3.05, 3.63) is 33.3 Å². The van der Waals surface area contributed by atoms with Crippen LogP contribution in [0.2, 0.25) is 5.02 Å². The van der Waals surface area contributed by atoms with Crippen LogP contribution in [0, 0.1) is 10.1 Å². The van der Waals surface area contributed by atoms with Gasteiger partial charge in [-0.3, -0.25) is 15.0 Å². The molecule has 0 aromatic heterocycles. The maximum atomic E-state index is 11.2. The standard InChI is InChI=1S/C8H8ClN3O4S/c9-6-2-1-5(3-7(6)17(10,15)16)11-4-8(11)12(13)14/h1-3,8H,4H2,(H2,10,15,16). The number of sulfonamides is 1. The number of hydrogen-bond acceptors (Lipinski definition) is 5. The minimum atomic E-state index is -3.93.